The zero-order valence-electron chi connectivity index (χ0n) is 9.59. The van der Waals surface area contributed by atoms with Gasteiger partial charge in [-0.1, -0.05) is 24.1 Å². The van der Waals surface area contributed by atoms with Gasteiger partial charge in [0, 0.05) is 10.9 Å². The second-order valence-electron chi connectivity index (χ2n) is 4.07. The van der Waals surface area contributed by atoms with E-state index in [4.69, 9.17) is 4.84 Å². The summed E-state index contributed by atoms with van der Waals surface area (Å²) in [6, 6.07) is 4.22. The highest BCUT2D eigenvalue weighted by Crippen LogP contribution is 2.17. The fourth-order valence-corrected chi connectivity index (χ4v) is 2.46. The topological polar surface area (TPSA) is 50.7 Å². The molecule has 1 aromatic heterocycles. The van der Waals surface area contributed by atoms with E-state index in [9.17, 15) is 4.79 Å². The third kappa shape index (κ3) is 4.19. The Morgan fingerprint density at radius 2 is 2.41 bits per heavy atom. The van der Waals surface area contributed by atoms with Crippen molar-refractivity contribution < 1.29 is 9.63 Å². The van der Waals surface area contributed by atoms with Gasteiger partial charge in [-0.15, -0.1) is 11.3 Å². The van der Waals surface area contributed by atoms with Crippen LogP contribution < -0.4 is 5.32 Å². The second-order valence-corrected chi connectivity index (χ2v) is 5.05. The van der Waals surface area contributed by atoms with Crippen molar-refractivity contribution in [2.45, 2.75) is 31.7 Å². The van der Waals surface area contributed by atoms with Gasteiger partial charge in [0.15, 0.2) is 6.61 Å². The molecule has 5 heteroatoms. The van der Waals surface area contributed by atoms with Crippen LogP contribution in [0.4, 0.5) is 0 Å². The predicted octanol–water partition coefficient (Wildman–Crippen LogP) is 2.16. The molecular weight excluding hydrogens is 236 g/mol. The van der Waals surface area contributed by atoms with Gasteiger partial charge in [-0.05, 0) is 24.3 Å². The molecule has 1 aliphatic carbocycles. The number of nitrogens with one attached hydrogen (secondary N) is 1. The number of amides is 1. The molecule has 0 saturated heterocycles. The molecule has 1 N–H and O–H groups in total. The Morgan fingerprint density at radius 1 is 1.59 bits per heavy atom. The van der Waals surface area contributed by atoms with Gasteiger partial charge in [0.05, 0.1) is 6.21 Å². The number of oxime groups is 1. The lowest BCUT2D eigenvalue weighted by atomic mass is 10.2. The van der Waals surface area contributed by atoms with Crippen molar-refractivity contribution in [3.63, 3.8) is 0 Å². The van der Waals surface area contributed by atoms with Crippen molar-refractivity contribution in [1.82, 2.24) is 5.32 Å². The van der Waals surface area contributed by atoms with Crippen LogP contribution in [0.1, 0.15) is 30.6 Å². The number of carbonyl (C=O) groups excluding carboxylic acids is 1. The van der Waals surface area contributed by atoms with E-state index in [2.05, 4.69) is 10.5 Å². The van der Waals surface area contributed by atoms with Crippen molar-refractivity contribution >= 4 is 23.5 Å². The Labute approximate surface area is 105 Å². The third-order valence-electron chi connectivity index (χ3n) is 2.71. The molecule has 0 aliphatic heterocycles. The van der Waals surface area contributed by atoms with Gasteiger partial charge >= 0.3 is 0 Å². The molecule has 17 heavy (non-hydrogen) atoms. The molecule has 0 radical (unpaired) electrons. The zero-order chi connectivity index (χ0) is 11.9. The van der Waals surface area contributed by atoms with E-state index in [0.717, 1.165) is 17.7 Å². The van der Waals surface area contributed by atoms with Crippen LogP contribution in [0.3, 0.4) is 0 Å². The van der Waals surface area contributed by atoms with Gasteiger partial charge in [-0.3, -0.25) is 4.79 Å². The van der Waals surface area contributed by atoms with Crippen molar-refractivity contribution in [3.8, 4) is 0 Å². The molecule has 2 rings (SSSR count). The van der Waals surface area contributed by atoms with Gasteiger partial charge in [-0.2, -0.15) is 0 Å². The summed E-state index contributed by atoms with van der Waals surface area (Å²) in [5.74, 6) is -0.0831. The highest BCUT2D eigenvalue weighted by Gasteiger charge is 2.16. The fraction of sp³-hybridized carbons (Fsp3) is 0.500. The van der Waals surface area contributed by atoms with Gasteiger partial charge in [0.2, 0.25) is 0 Å². The van der Waals surface area contributed by atoms with Crippen LogP contribution in [0.5, 0.6) is 0 Å². The van der Waals surface area contributed by atoms with E-state index in [1.54, 1.807) is 17.6 Å². The molecule has 1 saturated carbocycles. The quantitative estimate of drug-likeness (QED) is 0.645. The Balaban J connectivity index is 1.62. The molecule has 0 unspecified atom stereocenters. The first-order valence-electron chi connectivity index (χ1n) is 5.83. The number of rotatable bonds is 5. The minimum absolute atomic E-state index is 0.00161. The smallest absolute Gasteiger partial charge is 0.260 e. The summed E-state index contributed by atoms with van der Waals surface area (Å²) >= 11 is 1.58. The first-order chi connectivity index (χ1) is 8.34. The Bertz CT molecular complexity index is 370. The molecule has 4 nitrogen and oxygen atoms in total. The summed E-state index contributed by atoms with van der Waals surface area (Å²) in [5.41, 5.74) is 0. The zero-order valence-corrected chi connectivity index (χ0v) is 10.4. The molecule has 1 amide bonds. The summed E-state index contributed by atoms with van der Waals surface area (Å²) < 4.78 is 0. The molecule has 1 aromatic rings. The van der Waals surface area contributed by atoms with Crippen LogP contribution in [0.25, 0.3) is 0 Å². The normalized spacial score (nSPS) is 16.5. The minimum atomic E-state index is -0.0831. The van der Waals surface area contributed by atoms with Crippen LogP contribution in [0.2, 0.25) is 0 Å². The molecule has 1 aliphatic rings. The summed E-state index contributed by atoms with van der Waals surface area (Å²) in [6.45, 7) is -0.00161. The van der Waals surface area contributed by atoms with E-state index < -0.39 is 0 Å². The molecular formula is C12H16N2O2S. The standard InChI is InChI=1S/C12H16N2O2S/c15-12(14-10-4-1-2-5-10)9-16-13-8-11-6-3-7-17-11/h3,6-8,10H,1-2,4-5,9H2,(H,14,15)/b13-8+. The number of hydrogen-bond acceptors (Lipinski definition) is 4. The largest absolute Gasteiger partial charge is 0.386 e. The van der Waals surface area contributed by atoms with Crippen LogP contribution >= 0.6 is 11.3 Å². The summed E-state index contributed by atoms with van der Waals surface area (Å²) in [6.07, 6.45) is 6.21. The second kappa shape index (κ2) is 6.39. The Hall–Kier alpha value is -1.36. The van der Waals surface area contributed by atoms with Crippen molar-refractivity contribution in [1.29, 1.82) is 0 Å². The van der Waals surface area contributed by atoms with E-state index in [1.165, 1.54) is 12.8 Å². The number of nitrogens with zero attached hydrogens (tertiary/aromatic N) is 1. The number of thiophene rings is 1. The third-order valence-corrected chi connectivity index (χ3v) is 3.52. The number of hydrogen-bond donors (Lipinski definition) is 1. The molecule has 0 bridgehead atoms. The average Bonchev–Trinajstić information content (AvgIpc) is 2.96. The van der Waals surface area contributed by atoms with Crippen LogP contribution in [0, 0.1) is 0 Å². The van der Waals surface area contributed by atoms with Crippen LogP contribution in [0.15, 0.2) is 22.7 Å². The van der Waals surface area contributed by atoms with Crippen LogP contribution in [-0.4, -0.2) is 24.8 Å². The molecule has 1 heterocycles. The maximum atomic E-state index is 11.5. The summed E-state index contributed by atoms with van der Waals surface area (Å²) in [7, 11) is 0. The van der Waals surface area contributed by atoms with Crippen molar-refractivity contribution in [2.75, 3.05) is 6.61 Å². The lowest BCUT2D eigenvalue weighted by Crippen LogP contribution is -2.34. The van der Waals surface area contributed by atoms with Gasteiger partial charge in [-0.25, -0.2) is 0 Å². The lowest BCUT2D eigenvalue weighted by molar-refractivity contribution is -0.126. The molecule has 0 atom stereocenters. The molecule has 92 valence electrons. The Morgan fingerprint density at radius 3 is 3.12 bits per heavy atom. The van der Waals surface area contributed by atoms with Crippen molar-refractivity contribution in [3.05, 3.63) is 22.4 Å². The summed E-state index contributed by atoms with van der Waals surface area (Å²) in [4.78, 5) is 17.4. The van der Waals surface area contributed by atoms with Gasteiger partial charge < -0.3 is 10.2 Å². The fourth-order valence-electron chi connectivity index (χ4n) is 1.89. The maximum absolute atomic E-state index is 11.5. The van der Waals surface area contributed by atoms with E-state index in [0.29, 0.717) is 6.04 Å². The van der Waals surface area contributed by atoms with Gasteiger partial charge in [0.25, 0.3) is 5.91 Å². The van der Waals surface area contributed by atoms with Crippen molar-refractivity contribution in [2.24, 2.45) is 5.16 Å². The van der Waals surface area contributed by atoms with E-state index >= 15 is 0 Å². The monoisotopic (exact) mass is 252 g/mol. The first kappa shape index (κ1) is 12.1. The first-order valence-corrected chi connectivity index (χ1v) is 6.71. The highest BCUT2D eigenvalue weighted by atomic mass is 32.1. The minimum Gasteiger partial charge on any atom is -0.386 e. The Kier molecular flexibility index (Phi) is 4.55. The van der Waals surface area contributed by atoms with Crippen LogP contribution in [-0.2, 0) is 9.63 Å². The molecule has 0 spiro atoms. The number of carbonyl (C=O) groups is 1. The molecule has 0 aromatic carbocycles. The highest BCUT2D eigenvalue weighted by molar-refractivity contribution is 7.11. The van der Waals surface area contributed by atoms with E-state index in [1.807, 2.05) is 17.5 Å². The average molecular weight is 252 g/mol. The SMILES string of the molecule is O=C(CO/N=C/c1cccs1)NC1CCCC1. The predicted molar refractivity (Wildman–Crippen MR) is 68.3 cm³/mol. The summed E-state index contributed by atoms with van der Waals surface area (Å²) in [5, 5.41) is 8.66. The molecule has 1 fully saturated rings. The maximum Gasteiger partial charge on any atom is 0.260 e. The lowest BCUT2D eigenvalue weighted by Gasteiger charge is -2.10. The van der Waals surface area contributed by atoms with E-state index in [-0.39, 0.29) is 12.5 Å². The van der Waals surface area contributed by atoms with Gasteiger partial charge in [0.1, 0.15) is 0 Å².